The van der Waals surface area contributed by atoms with Crippen molar-refractivity contribution in [3.8, 4) is 0 Å². The van der Waals surface area contributed by atoms with E-state index in [1.807, 2.05) is 6.07 Å². The highest BCUT2D eigenvalue weighted by molar-refractivity contribution is 6.31. The van der Waals surface area contributed by atoms with Gasteiger partial charge in [-0.15, -0.1) is 0 Å². The monoisotopic (exact) mass is 428 g/mol. The van der Waals surface area contributed by atoms with Crippen LogP contribution in [0.1, 0.15) is 17.0 Å². The second-order valence-electron chi connectivity index (χ2n) is 7.23. The van der Waals surface area contributed by atoms with Gasteiger partial charge in [0.25, 0.3) is 0 Å². The van der Waals surface area contributed by atoms with Crippen LogP contribution in [0.5, 0.6) is 0 Å². The van der Waals surface area contributed by atoms with Crippen LogP contribution in [0.25, 0.3) is 0 Å². The molecule has 156 valence electrons. The molecule has 7 nitrogen and oxygen atoms in total. The van der Waals surface area contributed by atoms with Gasteiger partial charge in [0.1, 0.15) is 11.5 Å². The van der Waals surface area contributed by atoms with Gasteiger partial charge in [-0.25, -0.2) is 9.02 Å². The largest absolute Gasteiger partial charge is 0.339 e. The van der Waals surface area contributed by atoms with Crippen molar-refractivity contribution in [3.63, 3.8) is 0 Å². The van der Waals surface area contributed by atoms with Gasteiger partial charge in [0, 0.05) is 45.0 Å². The Kier molecular flexibility index (Phi) is 6.37. The Morgan fingerprint density at radius 1 is 1.03 bits per heavy atom. The quantitative estimate of drug-likeness (QED) is 0.461. The molecule has 2 heterocycles. The van der Waals surface area contributed by atoms with E-state index < -0.39 is 5.82 Å². The number of aromatic nitrogens is 2. The van der Waals surface area contributed by atoms with Gasteiger partial charge in [0.05, 0.1) is 5.02 Å². The van der Waals surface area contributed by atoms with Crippen LogP contribution >= 0.6 is 11.6 Å². The molecule has 1 aliphatic rings. The van der Waals surface area contributed by atoms with Gasteiger partial charge in [-0.3, -0.25) is 15.2 Å². The van der Waals surface area contributed by atoms with Crippen molar-refractivity contribution in [1.82, 2.24) is 20.1 Å². The van der Waals surface area contributed by atoms with Crippen molar-refractivity contribution in [3.05, 3.63) is 76.3 Å². The van der Waals surface area contributed by atoms with Crippen molar-refractivity contribution in [2.45, 2.75) is 13.1 Å². The van der Waals surface area contributed by atoms with Gasteiger partial charge in [-0.1, -0.05) is 47.1 Å². The first-order chi connectivity index (χ1) is 14.6. The SMILES string of the molecule is N=C(Nc1ccc(F)c(Cl)c1)c1nonc1CN1CCN(Cc2ccccc2)CC1. The van der Waals surface area contributed by atoms with E-state index in [4.69, 9.17) is 21.6 Å². The number of piperazine rings is 1. The molecule has 1 aromatic heterocycles. The zero-order chi connectivity index (χ0) is 20.9. The van der Waals surface area contributed by atoms with Crippen LogP contribution in [-0.2, 0) is 13.1 Å². The van der Waals surface area contributed by atoms with Crippen molar-refractivity contribution in [2.24, 2.45) is 0 Å². The smallest absolute Gasteiger partial charge is 0.174 e. The second-order valence-corrected chi connectivity index (χ2v) is 7.63. The highest BCUT2D eigenvalue weighted by atomic mass is 35.5. The summed E-state index contributed by atoms with van der Waals surface area (Å²) in [5, 5.41) is 19.0. The number of anilines is 1. The van der Waals surface area contributed by atoms with Crippen LogP contribution < -0.4 is 5.32 Å². The Balaban J connectivity index is 1.32. The predicted molar refractivity (Wildman–Crippen MR) is 113 cm³/mol. The number of benzene rings is 2. The molecule has 0 spiro atoms. The maximum absolute atomic E-state index is 13.3. The topological polar surface area (TPSA) is 81.3 Å². The summed E-state index contributed by atoms with van der Waals surface area (Å²) < 4.78 is 18.2. The van der Waals surface area contributed by atoms with Crippen molar-refractivity contribution < 1.29 is 9.02 Å². The Morgan fingerprint density at radius 3 is 2.43 bits per heavy atom. The van der Waals surface area contributed by atoms with E-state index in [1.165, 1.54) is 23.8 Å². The van der Waals surface area contributed by atoms with E-state index in [2.05, 4.69) is 49.7 Å². The molecule has 30 heavy (non-hydrogen) atoms. The van der Waals surface area contributed by atoms with E-state index in [9.17, 15) is 4.39 Å². The fourth-order valence-corrected chi connectivity index (χ4v) is 3.62. The van der Waals surface area contributed by atoms with E-state index in [0.717, 1.165) is 32.7 Å². The third-order valence-electron chi connectivity index (χ3n) is 5.07. The molecule has 4 rings (SSSR count). The first kappa shape index (κ1) is 20.5. The summed E-state index contributed by atoms with van der Waals surface area (Å²) in [4.78, 5) is 4.70. The zero-order valence-corrected chi connectivity index (χ0v) is 17.1. The van der Waals surface area contributed by atoms with Crippen LogP contribution in [0, 0.1) is 11.2 Å². The molecule has 9 heteroatoms. The summed E-state index contributed by atoms with van der Waals surface area (Å²) in [6.45, 7) is 5.20. The predicted octanol–water partition coefficient (Wildman–Crippen LogP) is 3.62. The summed E-state index contributed by atoms with van der Waals surface area (Å²) in [7, 11) is 0. The van der Waals surface area contributed by atoms with Crippen molar-refractivity contribution in [2.75, 3.05) is 31.5 Å². The lowest BCUT2D eigenvalue weighted by Crippen LogP contribution is -2.45. The molecule has 0 saturated carbocycles. The average molecular weight is 429 g/mol. The Hall–Kier alpha value is -2.81. The highest BCUT2D eigenvalue weighted by Gasteiger charge is 2.22. The normalized spacial score (nSPS) is 15.3. The minimum Gasteiger partial charge on any atom is -0.339 e. The van der Waals surface area contributed by atoms with Crippen LogP contribution in [-0.4, -0.2) is 52.1 Å². The van der Waals surface area contributed by atoms with Crippen LogP contribution in [0.15, 0.2) is 53.2 Å². The number of halogens is 2. The number of nitrogens with zero attached hydrogens (tertiary/aromatic N) is 4. The highest BCUT2D eigenvalue weighted by Crippen LogP contribution is 2.20. The molecule has 1 aliphatic heterocycles. The molecule has 3 aromatic rings. The minimum atomic E-state index is -0.510. The fourth-order valence-electron chi connectivity index (χ4n) is 3.44. The summed E-state index contributed by atoms with van der Waals surface area (Å²) in [6, 6.07) is 14.6. The first-order valence-corrected chi connectivity index (χ1v) is 10.1. The van der Waals surface area contributed by atoms with Gasteiger partial charge < -0.3 is 5.32 Å². The van der Waals surface area contributed by atoms with E-state index in [-0.39, 0.29) is 10.9 Å². The minimum absolute atomic E-state index is 0.0142. The second kappa shape index (κ2) is 9.34. The Bertz CT molecular complexity index is 1000. The number of nitrogens with one attached hydrogen (secondary N) is 2. The zero-order valence-electron chi connectivity index (χ0n) is 16.3. The Labute approximate surface area is 178 Å². The summed E-state index contributed by atoms with van der Waals surface area (Å²) in [5.74, 6) is -0.486. The molecular weight excluding hydrogens is 407 g/mol. The standard InChI is InChI=1S/C21H22ClFN6O/c22-17-12-16(6-7-18(17)23)25-21(24)20-19(26-30-27-20)14-29-10-8-28(9-11-29)13-15-4-2-1-3-5-15/h1-7,12H,8-11,13-14H2,(H2,24,25). The third-order valence-corrected chi connectivity index (χ3v) is 5.36. The van der Waals surface area contributed by atoms with E-state index >= 15 is 0 Å². The molecule has 0 aliphatic carbocycles. The lowest BCUT2D eigenvalue weighted by Gasteiger charge is -2.34. The van der Waals surface area contributed by atoms with Crippen molar-refractivity contribution in [1.29, 1.82) is 5.41 Å². The summed E-state index contributed by atoms with van der Waals surface area (Å²) in [6.07, 6.45) is 0. The van der Waals surface area contributed by atoms with Crippen molar-refractivity contribution >= 4 is 23.1 Å². The number of hydrogen-bond donors (Lipinski definition) is 2. The molecule has 0 bridgehead atoms. The number of rotatable bonds is 6. The van der Waals surface area contributed by atoms with Gasteiger partial charge in [-0.05, 0) is 28.9 Å². The molecule has 2 aromatic carbocycles. The molecular formula is C21H22ClFN6O. The Morgan fingerprint density at radius 2 is 1.73 bits per heavy atom. The molecule has 2 N–H and O–H groups in total. The number of hydrogen-bond acceptors (Lipinski definition) is 6. The fraction of sp³-hybridized carbons (Fsp3) is 0.286. The summed E-state index contributed by atoms with van der Waals surface area (Å²) in [5.41, 5.74) is 2.74. The molecule has 1 saturated heterocycles. The van der Waals surface area contributed by atoms with E-state index in [1.54, 1.807) is 0 Å². The molecule has 0 amide bonds. The summed E-state index contributed by atoms with van der Waals surface area (Å²) >= 11 is 5.80. The molecule has 0 atom stereocenters. The lowest BCUT2D eigenvalue weighted by atomic mass is 10.2. The van der Waals surface area contributed by atoms with E-state index in [0.29, 0.717) is 23.6 Å². The van der Waals surface area contributed by atoms with Crippen LogP contribution in [0.2, 0.25) is 5.02 Å². The average Bonchev–Trinajstić information content (AvgIpc) is 3.21. The molecule has 0 unspecified atom stereocenters. The molecule has 1 fully saturated rings. The van der Waals surface area contributed by atoms with Gasteiger partial charge in [0.2, 0.25) is 0 Å². The number of amidine groups is 1. The van der Waals surface area contributed by atoms with Gasteiger partial charge in [-0.2, -0.15) is 0 Å². The lowest BCUT2D eigenvalue weighted by molar-refractivity contribution is 0.119. The van der Waals surface area contributed by atoms with Gasteiger partial charge in [0.15, 0.2) is 11.5 Å². The molecule has 0 radical (unpaired) electrons. The van der Waals surface area contributed by atoms with Crippen LogP contribution in [0.4, 0.5) is 10.1 Å². The van der Waals surface area contributed by atoms with Gasteiger partial charge >= 0.3 is 0 Å². The third kappa shape index (κ3) is 5.02. The maximum atomic E-state index is 13.3. The first-order valence-electron chi connectivity index (χ1n) is 9.69. The maximum Gasteiger partial charge on any atom is 0.174 e. The van der Waals surface area contributed by atoms with Crippen LogP contribution in [0.3, 0.4) is 0 Å².